The number of aliphatic hydroxyl groups is 1. The zero-order chi connectivity index (χ0) is 27.8. The van der Waals surface area contributed by atoms with Crippen molar-refractivity contribution in [3.63, 3.8) is 0 Å². The van der Waals surface area contributed by atoms with E-state index in [1.54, 1.807) is 31.2 Å². The molecule has 12 heteroatoms. The van der Waals surface area contributed by atoms with Crippen molar-refractivity contribution in [2.24, 2.45) is 0 Å². The number of para-hydroxylation sites is 1. The number of nitro groups is 1. The van der Waals surface area contributed by atoms with Gasteiger partial charge in [-0.3, -0.25) is 24.6 Å². The van der Waals surface area contributed by atoms with E-state index >= 15 is 0 Å². The van der Waals surface area contributed by atoms with Crippen LogP contribution in [0.3, 0.4) is 0 Å². The molecule has 0 aliphatic carbocycles. The number of ether oxygens (including phenoxy) is 1. The highest BCUT2D eigenvalue weighted by Gasteiger charge is 2.47. The number of fused-ring (bicyclic) bond motifs is 1. The van der Waals surface area contributed by atoms with E-state index in [0.717, 1.165) is 16.2 Å². The van der Waals surface area contributed by atoms with Crippen LogP contribution in [0.25, 0.3) is 11.0 Å². The molecule has 196 valence electrons. The summed E-state index contributed by atoms with van der Waals surface area (Å²) in [4.78, 5) is 56.0. The standard InChI is InChI=1S/C27H19N3O8S/c1-3-11-37-26(34)24-14(2)28-27(39-24)29-21(16-8-6-9-17(12-16)30(35)36)20(23(32)25(29)33)22(31)19-13-15-7-4-5-10-18(15)38-19/h3-10,12-13,21,32H,1,11H2,2H3. The zero-order valence-electron chi connectivity index (χ0n) is 20.3. The van der Waals surface area contributed by atoms with Crippen LogP contribution >= 0.6 is 11.3 Å². The summed E-state index contributed by atoms with van der Waals surface area (Å²) in [5.41, 5.74) is 0.220. The van der Waals surface area contributed by atoms with Crippen molar-refractivity contribution in [2.75, 3.05) is 11.5 Å². The third-order valence-corrected chi connectivity index (χ3v) is 7.14. The van der Waals surface area contributed by atoms with Gasteiger partial charge in [0, 0.05) is 17.5 Å². The van der Waals surface area contributed by atoms with Gasteiger partial charge in [0.05, 0.1) is 22.2 Å². The number of non-ortho nitro benzene ring substituents is 1. The second-order valence-corrected chi connectivity index (χ2v) is 9.45. The van der Waals surface area contributed by atoms with Crippen LogP contribution in [0, 0.1) is 17.0 Å². The van der Waals surface area contributed by atoms with Gasteiger partial charge in [-0.25, -0.2) is 9.78 Å². The molecule has 1 aliphatic rings. The van der Waals surface area contributed by atoms with E-state index in [0.29, 0.717) is 11.0 Å². The number of ketones is 1. The molecule has 0 bridgehead atoms. The number of nitrogens with zero attached hydrogens (tertiary/aromatic N) is 3. The smallest absolute Gasteiger partial charge is 0.350 e. The average molecular weight is 546 g/mol. The first-order valence-electron chi connectivity index (χ1n) is 11.5. The monoisotopic (exact) mass is 545 g/mol. The number of carbonyl (C=O) groups excluding carboxylic acids is 3. The number of Topliss-reactive ketones (excluding diaryl/α,β-unsaturated/α-hetero) is 1. The molecule has 39 heavy (non-hydrogen) atoms. The minimum Gasteiger partial charge on any atom is -0.503 e. The van der Waals surface area contributed by atoms with Crippen LogP contribution in [0.2, 0.25) is 0 Å². The van der Waals surface area contributed by atoms with Gasteiger partial charge in [0.1, 0.15) is 17.1 Å². The lowest BCUT2D eigenvalue weighted by atomic mass is 9.95. The molecule has 11 nitrogen and oxygen atoms in total. The lowest BCUT2D eigenvalue weighted by Gasteiger charge is -2.24. The molecule has 0 saturated heterocycles. The van der Waals surface area contributed by atoms with Crippen LogP contribution in [0.1, 0.15) is 37.5 Å². The summed E-state index contributed by atoms with van der Waals surface area (Å²) < 4.78 is 10.8. The number of furan rings is 1. The fourth-order valence-corrected chi connectivity index (χ4v) is 5.25. The largest absolute Gasteiger partial charge is 0.503 e. The molecule has 0 radical (unpaired) electrons. The number of aryl methyl sites for hydroxylation is 1. The van der Waals surface area contributed by atoms with Crippen LogP contribution in [0.4, 0.5) is 10.8 Å². The summed E-state index contributed by atoms with van der Waals surface area (Å²) in [5.74, 6) is -3.43. The van der Waals surface area contributed by atoms with Crippen molar-refractivity contribution in [1.82, 2.24) is 4.98 Å². The maximum Gasteiger partial charge on any atom is 0.350 e. The fraction of sp³-hybridized carbons (Fsp3) is 0.111. The first-order valence-corrected chi connectivity index (χ1v) is 12.3. The van der Waals surface area contributed by atoms with Crippen molar-refractivity contribution in [1.29, 1.82) is 0 Å². The van der Waals surface area contributed by atoms with E-state index in [4.69, 9.17) is 9.15 Å². The summed E-state index contributed by atoms with van der Waals surface area (Å²) in [6.07, 6.45) is 1.40. The van der Waals surface area contributed by atoms with Gasteiger partial charge in [0.25, 0.3) is 11.6 Å². The highest BCUT2D eigenvalue weighted by Crippen LogP contribution is 2.44. The van der Waals surface area contributed by atoms with E-state index in [2.05, 4.69) is 11.6 Å². The number of hydrogen-bond acceptors (Lipinski definition) is 10. The molecule has 0 saturated carbocycles. The van der Waals surface area contributed by atoms with E-state index < -0.39 is 34.4 Å². The predicted octanol–water partition coefficient (Wildman–Crippen LogP) is 5.23. The van der Waals surface area contributed by atoms with Crippen molar-refractivity contribution in [3.05, 3.63) is 111 Å². The molecule has 0 spiro atoms. The Bertz CT molecular complexity index is 1680. The fourth-order valence-electron chi connectivity index (χ4n) is 4.26. The van der Waals surface area contributed by atoms with Gasteiger partial charge in [0.2, 0.25) is 5.78 Å². The molecule has 5 rings (SSSR count). The number of carbonyl (C=O) groups is 3. The Balaban J connectivity index is 1.65. The molecule has 0 fully saturated rings. The Morgan fingerprint density at radius 3 is 2.74 bits per heavy atom. The van der Waals surface area contributed by atoms with Gasteiger partial charge in [-0.2, -0.15) is 0 Å². The number of anilines is 1. The maximum absolute atomic E-state index is 13.7. The van der Waals surface area contributed by atoms with Crippen molar-refractivity contribution < 1.29 is 33.6 Å². The SMILES string of the molecule is C=CCOC(=O)c1sc(N2C(=O)C(O)=C(C(=O)c3cc4ccccc4o3)C2c2cccc([N+](=O)[O-])c2)nc1C. The van der Waals surface area contributed by atoms with Crippen LogP contribution in [0.5, 0.6) is 0 Å². The molecule has 3 heterocycles. The molecule has 4 aromatic rings. The molecular formula is C27H19N3O8S. The molecule has 1 unspecified atom stereocenters. The highest BCUT2D eigenvalue weighted by molar-refractivity contribution is 7.17. The lowest BCUT2D eigenvalue weighted by Crippen LogP contribution is -2.31. The first-order chi connectivity index (χ1) is 18.7. The van der Waals surface area contributed by atoms with Gasteiger partial charge in [-0.15, -0.1) is 0 Å². The number of amides is 1. The number of thiazole rings is 1. The number of benzene rings is 2. The van der Waals surface area contributed by atoms with Crippen LogP contribution in [-0.4, -0.2) is 39.3 Å². The Hall–Kier alpha value is -5.10. The minimum atomic E-state index is -1.30. The van der Waals surface area contributed by atoms with Crippen LogP contribution in [0.15, 0.2) is 83.0 Å². The van der Waals surface area contributed by atoms with Crippen molar-refractivity contribution in [2.45, 2.75) is 13.0 Å². The summed E-state index contributed by atoms with van der Waals surface area (Å²) in [6, 6.07) is 12.4. The van der Waals surface area contributed by atoms with E-state index in [1.165, 1.54) is 36.4 Å². The number of aromatic nitrogens is 1. The molecule has 2 aromatic heterocycles. The van der Waals surface area contributed by atoms with E-state index in [1.807, 2.05) is 0 Å². The second-order valence-electron chi connectivity index (χ2n) is 8.47. The molecule has 1 N–H and O–H groups in total. The quantitative estimate of drug-likeness (QED) is 0.103. The maximum atomic E-state index is 13.7. The van der Waals surface area contributed by atoms with Gasteiger partial charge < -0.3 is 14.3 Å². The third-order valence-electron chi connectivity index (χ3n) is 6.01. The van der Waals surface area contributed by atoms with Gasteiger partial charge in [-0.1, -0.05) is 54.3 Å². The number of esters is 1. The number of nitro benzene ring substituents is 1. The summed E-state index contributed by atoms with van der Waals surface area (Å²) in [5, 5.41) is 23.1. The van der Waals surface area contributed by atoms with Crippen LogP contribution in [-0.2, 0) is 9.53 Å². The molecule has 1 amide bonds. The van der Waals surface area contributed by atoms with Crippen molar-refractivity contribution >= 4 is 50.8 Å². The Kier molecular flexibility index (Phi) is 6.54. The summed E-state index contributed by atoms with van der Waals surface area (Å²) in [6.45, 7) is 5.00. The normalized spacial score (nSPS) is 15.2. The molecule has 1 atom stereocenters. The predicted molar refractivity (Wildman–Crippen MR) is 141 cm³/mol. The number of hydrogen-bond donors (Lipinski definition) is 1. The molecular weight excluding hydrogens is 526 g/mol. The first kappa shape index (κ1) is 25.5. The van der Waals surface area contributed by atoms with Gasteiger partial charge >= 0.3 is 5.97 Å². The van der Waals surface area contributed by atoms with E-state index in [-0.39, 0.29) is 44.9 Å². The Morgan fingerprint density at radius 1 is 1.26 bits per heavy atom. The molecule has 1 aliphatic heterocycles. The zero-order valence-corrected chi connectivity index (χ0v) is 21.1. The van der Waals surface area contributed by atoms with Crippen LogP contribution < -0.4 is 4.90 Å². The Morgan fingerprint density at radius 2 is 2.03 bits per heavy atom. The Labute approximate surface area is 224 Å². The minimum absolute atomic E-state index is 0.0153. The summed E-state index contributed by atoms with van der Waals surface area (Å²) in [7, 11) is 0. The van der Waals surface area contributed by atoms with Gasteiger partial charge in [0.15, 0.2) is 16.7 Å². The van der Waals surface area contributed by atoms with Gasteiger partial charge in [-0.05, 0) is 24.6 Å². The second kappa shape index (κ2) is 9.99. The highest BCUT2D eigenvalue weighted by atomic mass is 32.1. The lowest BCUT2D eigenvalue weighted by molar-refractivity contribution is -0.384. The number of rotatable bonds is 8. The van der Waals surface area contributed by atoms with Crippen molar-refractivity contribution in [3.8, 4) is 0 Å². The third kappa shape index (κ3) is 4.46. The molecule has 2 aromatic carbocycles. The average Bonchev–Trinajstić information content (AvgIpc) is 3.61. The topological polar surface area (TPSA) is 153 Å². The van der Waals surface area contributed by atoms with E-state index in [9.17, 15) is 29.6 Å². The number of aliphatic hydroxyl groups excluding tert-OH is 1. The summed E-state index contributed by atoms with van der Waals surface area (Å²) >= 11 is 0.822.